The molecule has 3 aromatic rings. The van der Waals surface area contributed by atoms with Gasteiger partial charge < -0.3 is 15.2 Å². The highest BCUT2D eigenvalue weighted by Gasteiger charge is 2.54. The van der Waals surface area contributed by atoms with Crippen LogP contribution < -0.4 is 10.1 Å². The Balaban J connectivity index is 1.38. The number of para-hydroxylation sites is 1. The topological polar surface area (TPSA) is 58.6 Å². The fraction of sp³-hybridized carbons (Fsp3) is 0.424. The van der Waals surface area contributed by atoms with Gasteiger partial charge in [0.1, 0.15) is 11.3 Å². The molecule has 0 unspecified atom stereocenters. The van der Waals surface area contributed by atoms with Crippen LogP contribution in [0.1, 0.15) is 57.1 Å². The Morgan fingerprint density at radius 3 is 2.39 bits per heavy atom. The molecule has 1 saturated carbocycles. The summed E-state index contributed by atoms with van der Waals surface area (Å²) in [7, 11) is 0. The minimum atomic E-state index is -0.994. The smallest absolute Gasteiger partial charge is 0.329 e. The second-order valence-corrected chi connectivity index (χ2v) is 12.0. The normalized spacial score (nSPS) is 25.2. The predicted molar refractivity (Wildman–Crippen MR) is 154 cm³/mol. The van der Waals surface area contributed by atoms with Crippen LogP contribution in [0.5, 0.6) is 5.75 Å². The highest BCUT2D eigenvalue weighted by molar-refractivity contribution is 6.30. The number of hydrogen-bond acceptors (Lipinski definition) is 3. The van der Waals surface area contributed by atoms with Crippen molar-refractivity contribution >= 4 is 23.3 Å². The maximum atomic E-state index is 12.7. The zero-order valence-corrected chi connectivity index (χ0v) is 23.1. The van der Waals surface area contributed by atoms with E-state index in [2.05, 4.69) is 43.4 Å². The summed E-state index contributed by atoms with van der Waals surface area (Å²) in [6.07, 6.45) is 4.96. The van der Waals surface area contributed by atoms with Gasteiger partial charge in [0, 0.05) is 10.7 Å². The fourth-order valence-electron chi connectivity index (χ4n) is 6.83. The van der Waals surface area contributed by atoms with E-state index in [1.165, 1.54) is 11.1 Å². The first kappa shape index (κ1) is 26.6. The van der Waals surface area contributed by atoms with Crippen LogP contribution in [-0.4, -0.2) is 23.2 Å². The lowest BCUT2D eigenvalue weighted by Crippen LogP contribution is -2.53. The summed E-state index contributed by atoms with van der Waals surface area (Å²) in [5, 5.41) is 14.4. The van der Waals surface area contributed by atoms with Crippen molar-refractivity contribution in [2.75, 3.05) is 11.9 Å². The van der Waals surface area contributed by atoms with E-state index in [1.807, 2.05) is 54.6 Å². The van der Waals surface area contributed by atoms with Gasteiger partial charge in [0.2, 0.25) is 0 Å². The van der Waals surface area contributed by atoms with Crippen LogP contribution in [0.2, 0.25) is 5.02 Å². The molecule has 1 fully saturated rings. The number of halogens is 1. The zero-order chi connectivity index (χ0) is 26.8. The lowest BCUT2D eigenvalue weighted by atomic mass is 9.59. The van der Waals surface area contributed by atoms with Crippen LogP contribution in [0.15, 0.2) is 78.9 Å². The largest absolute Gasteiger partial charge is 0.493 e. The SMILES string of the molecule is CC(C)[C@@H](COc1ccccc1)C[C@@H]1Cc2ccccc2C12CCC(Nc1cccc(Cl)c1)(C(=O)O)CC2. The molecule has 0 heterocycles. The maximum absolute atomic E-state index is 12.7. The summed E-state index contributed by atoms with van der Waals surface area (Å²) < 4.78 is 6.23. The van der Waals surface area contributed by atoms with E-state index in [-0.39, 0.29) is 5.41 Å². The minimum Gasteiger partial charge on any atom is -0.493 e. The number of carboxylic acids is 1. The first-order chi connectivity index (χ1) is 18.3. The van der Waals surface area contributed by atoms with Gasteiger partial charge in [-0.1, -0.05) is 74.0 Å². The van der Waals surface area contributed by atoms with Gasteiger partial charge in [-0.05, 0) is 103 Å². The van der Waals surface area contributed by atoms with E-state index in [0.717, 1.165) is 37.1 Å². The molecule has 2 atom stereocenters. The van der Waals surface area contributed by atoms with E-state index in [1.54, 1.807) is 0 Å². The third-order valence-electron chi connectivity index (χ3n) is 9.15. The van der Waals surface area contributed by atoms with Gasteiger partial charge in [0.25, 0.3) is 0 Å². The Morgan fingerprint density at radius 2 is 1.71 bits per heavy atom. The second-order valence-electron chi connectivity index (χ2n) is 11.6. The standard InChI is InChI=1S/C33H38ClNO3/c1-23(2)25(22-38-29-12-4-3-5-13-29)20-26-19-24-9-6-7-14-30(24)32(26)15-17-33(18-16-32,31(36)37)35-28-11-8-10-27(34)21-28/h3-14,21,23,25-26,35H,15-20,22H2,1-2H3,(H,36,37)/t25-,26+,32?,33?/m1/s1. The second kappa shape index (κ2) is 11.0. The molecule has 2 aliphatic carbocycles. The summed E-state index contributed by atoms with van der Waals surface area (Å²) in [6, 6.07) is 26.3. The van der Waals surface area contributed by atoms with Gasteiger partial charge in [-0.2, -0.15) is 0 Å². The average Bonchev–Trinajstić information content (AvgIpc) is 3.21. The maximum Gasteiger partial charge on any atom is 0.329 e. The molecule has 2 aliphatic rings. The number of ether oxygens (including phenoxy) is 1. The predicted octanol–water partition coefficient (Wildman–Crippen LogP) is 8.00. The Hall–Kier alpha value is -2.98. The summed E-state index contributed by atoms with van der Waals surface area (Å²) in [5.74, 6) is 1.50. The Bertz CT molecular complexity index is 1250. The van der Waals surface area contributed by atoms with E-state index < -0.39 is 11.5 Å². The molecular weight excluding hydrogens is 494 g/mol. The molecule has 38 heavy (non-hydrogen) atoms. The molecule has 0 radical (unpaired) electrons. The molecule has 2 N–H and O–H groups in total. The van der Waals surface area contributed by atoms with Crippen LogP contribution in [0, 0.1) is 17.8 Å². The number of carboxylic acid groups (broad SMARTS) is 1. The van der Waals surface area contributed by atoms with Crippen LogP contribution >= 0.6 is 11.6 Å². The van der Waals surface area contributed by atoms with E-state index in [4.69, 9.17) is 16.3 Å². The minimum absolute atomic E-state index is 0.00849. The van der Waals surface area contributed by atoms with Crippen LogP contribution in [0.3, 0.4) is 0 Å². The van der Waals surface area contributed by atoms with Crippen molar-refractivity contribution in [1.82, 2.24) is 0 Å². The van der Waals surface area contributed by atoms with Crippen molar-refractivity contribution in [3.63, 3.8) is 0 Å². The number of carbonyl (C=O) groups is 1. The molecule has 0 bridgehead atoms. The van der Waals surface area contributed by atoms with Crippen LogP contribution in [0.25, 0.3) is 0 Å². The van der Waals surface area contributed by atoms with Crippen molar-refractivity contribution in [2.45, 2.75) is 63.3 Å². The van der Waals surface area contributed by atoms with Gasteiger partial charge in [-0.15, -0.1) is 0 Å². The lowest BCUT2D eigenvalue weighted by Gasteiger charge is -2.47. The number of aliphatic carboxylic acids is 1. The summed E-state index contributed by atoms with van der Waals surface area (Å²) in [4.78, 5) is 12.7. The van der Waals surface area contributed by atoms with E-state index in [0.29, 0.717) is 42.2 Å². The van der Waals surface area contributed by atoms with Gasteiger partial charge in [0.15, 0.2) is 0 Å². The summed E-state index contributed by atoms with van der Waals surface area (Å²) in [6.45, 7) is 5.28. The Labute approximate surface area is 231 Å². The van der Waals surface area contributed by atoms with Crippen molar-refractivity contribution in [3.8, 4) is 5.75 Å². The Kier molecular flexibility index (Phi) is 7.72. The first-order valence-corrected chi connectivity index (χ1v) is 14.2. The first-order valence-electron chi connectivity index (χ1n) is 13.8. The van der Waals surface area contributed by atoms with Crippen LogP contribution in [-0.2, 0) is 16.6 Å². The van der Waals surface area contributed by atoms with Gasteiger partial charge in [-0.25, -0.2) is 4.79 Å². The third-order valence-corrected chi connectivity index (χ3v) is 9.39. The molecule has 0 aliphatic heterocycles. The molecule has 0 saturated heterocycles. The quantitative estimate of drug-likeness (QED) is 0.293. The molecule has 5 rings (SSSR count). The number of rotatable bonds is 9. The fourth-order valence-corrected chi connectivity index (χ4v) is 7.02. The molecule has 200 valence electrons. The summed E-state index contributed by atoms with van der Waals surface area (Å²) >= 11 is 6.20. The zero-order valence-electron chi connectivity index (χ0n) is 22.3. The molecule has 0 aromatic heterocycles. The number of benzene rings is 3. The lowest BCUT2D eigenvalue weighted by molar-refractivity contribution is -0.144. The molecule has 1 spiro atoms. The number of anilines is 1. The number of nitrogens with one attached hydrogen (secondary N) is 1. The third kappa shape index (κ3) is 5.29. The van der Waals surface area contributed by atoms with Crippen molar-refractivity contribution in [3.05, 3.63) is 95.0 Å². The average molecular weight is 532 g/mol. The van der Waals surface area contributed by atoms with Crippen LogP contribution in [0.4, 0.5) is 5.69 Å². The number of hydrogen-bond donors (Lipinski definition) is 2. The van der Waals surface area contributed by atoms with Gasteiger partial charge >= 0.3 is 5.97 Å². The van der Waals surface area contributed by atoms with Gasteiger partial charge in [0.05, 0.1) is 6.61 Å². The van der Waals surface area contributed by atoms with Crippen molar-refractivity contribution < 1.29 is 14.6 Å². The summed E-state index contributed by atoms with van der Waals surface area (Å²) in [5.41, 5.74) is 2.61. The van der Waals surface area contributed by atoms with Crippen molar-refractivity contribution in [1.29, 1.82) is 0 Å². The monoisotopic (exact) mass is 531 g/mol. The van der Waals surface area contributed by atoms with Crippen molar-refractivity contribution in [2.24, 2.45) is 17.8 Å². The van der Waals surface area contributed by atoms with E-state index in [9.17, 15) is 9.90 Å². The molecule has 3 aromatic carbocycles. The molecule has 4 nitrogen and oxygen atoms in total. The number of fused-ring (bicyclic) bond motifs is 2. The Morgan fingerprint density at radius 1 is 1.00 bits per heavy atom. The molecule has 0 amide bonds. The molecule has 5 heteroatoms. The van der Waals surface area contributed by atoms with Gasteiger partial charge in [-0.3, -0.25) is 0 Å². The highest BCUT2D eigenvalue weighted by Crippen LogP contribution is 2.56. The molecular formula is C33H38ClNO3. The highest BCUT2D eigenvalue weighted by atomic mass is 35.5. The van der Waals surface area contributed by atoms with E-state index >= 15 is 0 Å².